The molecular formula is C30H35N3O5. The number of carbonyl (C=O) groups excluding carboxylic acids is 2. The van der Waals surface area contributed by atoms with E-state index >= 15 is 0 Å². The highest BCUT2D eigenvalue weighted by atomic mass is 16.5. The number of amides is 2. The van der Waals surface area contributed by atoms with Crippen LogP contribution in [0.5, 0.6) is 11.5 Å². The van der Waals surface area contributed by atoms with Gasteiger partial charge in [0.1, 0.15) is 11.5 Å². The van der Waals surface area contributed by atoms with Crippen LogP contribution in [0.1, 0.15) is 47.4 Å². The number of carbonyl (C=O) groups is 2. The van der Waals surface area contributed by atoms with Gasteiger partial charge in [0.2, 0.25) is 0 Å². The summed E-state index contributed by atoms with van der Waals surface area (Å²) in [5.41, 5.74) is 3.10. The molecule has 3 aromatic rings. The molecular weight excluding hydrogens is 482 g/mol. The zero-order valence-corrected chi connectivity index (χ0v) is 22.0. The first-order valence-corrected chi connectivity index (χ1v) is 13.1. The molecule has 0 aliphatic carbocycles. The number of benzene rings is 3. The molecule has 1 fully saturated rings. The van der Waals surface area contributed by atoms with Gasteiger partial charge in [-0.15, -0.1) is 0 Å². The Bertz CT molecular complexity index is 1210. The van der Waals surface area contributed by atoms with Gasteiger partial charge in [-0.25, -0.2) is 0 Å². The molecule has 2 N–H and O–H groups in total. The van der Waals surface area contributed by atoms with E-state index in [1.165, 1.54) is 0 Å². The molecule has 0 unspecified atom stereocenters. The lowest BCUT2D eigenvalue weighted by Crippen LogP contribution is -2.36. The summed E-state index contributed by atoms with van der Waals surface area (Å²) in [6, 6.07) is 19.7. The van der Waals surface area contributed by atoms with Crippen molar-refractivity contribution in [3.8, 4) is 11.5 Å². The van der Waals surface area contributed by atoms with Crippen molar-refractivity contribution in [2.75, 3.05) is 55.1 Å². The number of ether oxygens (including phenoxy) is 3. The zero-order chi connectivity index (χ0) is 26.7. The Balaban J connectivity index is 1.51. The maximum atomic E-state index is 13.1. The molecule has 1 aliphatic rings. The summed E-state index contributed by atoms with van der Waals surface area (Å²) in [4.78, 5) is 28.2. The topological polar surface area (TPSA) is 89.1 Å². The second kappa shape index (κ2) is 13.5. The van der Waals surface area contributed by atoms with Crippen LogP contribution in [-0.2, 0) is 4.74 Å². The van der Waals surface area contributed by atoms with Crippen molar-refractivity contribution in [3.63, 3.8) is 0 Å². The molecule has 2 amide bonds. The third kappa shape index (κ3) is 7.26. The third-order valence-electron chi connectivity index (χ3n) is 6.03. The normalized spacial score (nSPS) is 13.1. The van der Waals surface area contributed by atoms with Crippen LogP contribution in [0.3, 0.4) is 0 Å². The number of rotatable bonds is 11. The van der Waals surface area contributed by atoms with Crippen molar-refractivity contribution >= 4 is 28.9 Å². The van der Waals surface area contributed by atoms with Gasteiger partial charge < -0.3 is 29.7 Å². The summed E-state index contributed by atoms with van der Waals surface area (Å²) in [6.45, 7) is 8.00. The fourth-order valence-corrected chi connectivity index (χ4v) is 4.04. The molecule has 4 rings (SSSR count). The molecule has 1 saturated heterocycles. The van der Waals surface area contributed by atoms with Crippen molar-refractivity contribution in [1.29, 1.82) is 0 Å². The minimum Gasteiger partial charge on any atom is -0.494 e. The summed E-state index contributed by atoms with van der Waals surface area (Å²) in [5, 5.41) is 5.98. The van der Waals surface area contributed by atoms with Crippen LogP contribution in [0.2, 0.25) is 0 Å². The monoisotopic (exact) mass is 517 g/mol. The van der Waals surface area contributed by atoms with Crippen LogP contribution in [0.25, 0.3) is 0 Å². The highest BCUT2D eigenvalue weighted by Gasteiger charge is 2.18. The van der Waals surface area contributed by atoms with Gasteiger partial charge in [0.05, 0.1) is 37.8 Å². The van der Waals surface area contributed by atoms with E-state index < -0.39 is 0 Å². The second-order valence-corrected chi connectivity index (χ2v) is 8.99. The highest BCUT2D eigenvalue weighted by Crippen LogP contribution is 2.31. The predicted octanol–water partition coefficient (Wildman–Crippen LogP) is 5.61. The number of hydrogen-bond donors (Lipinski definition) is 2. The van der Waals surface area contributed by atoms with Crippen LogP contribution in [0.4, 0.5) is 17.1 Å². The molecule has 0 saturated carbocycles. The number of morpholine rings is 1. The van der Waals surface area contributed by atoms with Gasteiger partial charge in [0, 0.05) is 29.9 Å². The van der Waals surface area contributed by atoms with Crippen LogP contribution < -0.4 is 25.0 Å². The molecule has 0 spiro atoms. The van der Waals surface area contributed by atoms with E-state index in [0.717, 1.165) is 30.0 Å². The first kappa shape index (κ1) is 27.0. The van der Waals surface area contributed by atoms with Gasteiger partial charge in [0.25, 0.3) is 11.8 Å². The standard InChI is InChI=1S/C30H35N3O5/c1-3-17-37-25-10-5-22(6-11-25)29(34)31-24-9-14-28(33-15-19-36-20-16-33)27(21-24)32-30(35)23-7-12-26(13-8-23)38-18-4-2/h5-14,21H,3-4,15-20H2,1-2H3,(H,31,34)(H,32,35). The Morgan fingerprint density at radius 2 is 1.29 bits per heavy atom. The van der Waals surface area contributed by atoms with Crippen LogP contribution in [0, 0.1) is 0 Å². The lowest BCUT2D eigenvalue weighted by molar-refractivity contribution is 0.101. The quantitative estimate of drug-likeness (QED) is 0.344. The van der Waals surface area contributed by atoms with Crippen LogP contribution >= 0.6 is 0 Å². The van der Waals surface area contributed by atoms with Gasteiger partial charge in [-0.05, 0) is 79.6 Å². The van der Waals surface area contributed by atoms with Gasteiger partial charge in [0.15, 0.2) is 0 Å². The molecule has 8 heteroatoms. The van der Waals surface area contributed by atoms with Crippen LogP contribution in [0.15, 0.2) is 66.7 Å². The number of hydrogen-bond acceptors (Lipinski definition) is 6. The van der Waals surface area contributed by atoms with Crippen molar-refractivity contribution in [2.24, 2.45) is 0 Å². The molecule has 0 bridgehead atoms. The fourth-order valence-electron chi connectivity index (χ4n) is 4.04. The van der Waals surface area contributed by atoms with E-state index in [0.29, 0.717) is 62.0 Å². The van der Waals surface area contributed by atoms with Crippen molar-refractivity contribution in [1.82, 2.24) is 0 Å². The second-order valence-electron chi connectivity index (χ2n) is 8.99. The lowest BCUT2D eigenvalue weighted by atomic mass is 10.1. The Kier molecular flexibility index (Phi) is 9.59. The number of nitrogens with one attached hydrogen (secondary N) is 2. The van der Waals surface area contributed by atoms with E-state index in [4.69, 9.17) is 14.2 Å². The Labute approximate surface area is 223 Å². The minimum atomic E-state index is -0.244. The van der Waals surface area contributed by atoms with Gasteiger partial charge in [-0.2, -0.15) is 0 Å². The van der Waals surface area contributed by atoms with Crippen molar-refractivity contribution in [3.05, 3.63) is 77.9 Å². The highest BCUT2D eigenvalue weighted by molar-refractivity contribution is 6.08. The summed E-state index contributed by atoms with van der Waals surface area (Å²) in [7, 11) is 0. The summed E-state index contributed by atoms with van der Waals surface area (Å²) in [5.74, 6) is 0.971. The molecule has 1 aliphatic heterocycles. The van der Waals surface area contributed by atoms with E-state index in [9.17, 15) is 9.59 Å². The van der Waals surface area contributed by atoms with Crippen molar-refractivity contribution in [2.45, 2.75) is 26.7 Å². The molecule has 0 atom stereocenters. The summed E-state index contributed by atoms with van der Waals surface area (Å²) < 4.78 is 16.7. The molecule has 3 aromatic carbocycles. The van der Waals surface area contributed by atoms with Gasteiger partial charge >= 0.3 is 0 Å². The third-order valence-corrected chi connectivity index (χ3v) is 6.03. The zero-order valence-electron chi connectivity index (χ0n) is 22.0. The fraction of sp³-hybridized carbons (Fsp3) is 0.333. The van der Waals surface area contributed by atoms with Gasteiger partial charge in [-0.3, -0.25) is 9.59 Å². The Morgan fingerprint density at radius 1 is 0.763 bits per heavy atom. The van der Waals surface area contributed by atoms with E-state index in [1.807, 2.05) is 26.0 Å². The van der Waals surface area contributed by atoms with E-state index in [2.05, 4.69) is 15.5 Å². The maximum Gasteiger partial charge on any atom is 0.255 e. The Morgan fingerprint density at radius 3 is 1.82 bits per heavy atom. The maximum absolute atomic E-state index is 13.1. The van der Waals surface area contributed by atoms with E-state index in [1.54, 1.807) is 54.6 Å². The molecule has 0 aromatic heterocycles. The van der Waals surface area contributed by atoms with Crippen molar-refractivity contribution < 1.29 is 23.8 Å². The average Bonchev–Trinajstić information content (AvgIpc) is 2.96. The summed E-state index contributed by atoms with van der Waals surface area (Å²) >= 11 is 0. The Hall–Kier alpha value is -4.04. The number of anilines is 3. The lowest BCUT2D eigenvalue weighted by Gasteiger charge is -2.31. The van der Waals surface area contributed by atoms with Crippen LogP contribution in [-0.4, -0.2) is 51.3 Å². The molecule has 38 heavy (non-hydrogen) atoms. The summed E-state index contributed by atoms with van der Waals surface area (Å²) in [6.07, 6.45) is 1.83. The molecule has 200 valence electrons. The minimum absolute atomic E-state index is 0.243. The smallest absolute Gasteiger partial charge is 0.255 e. The molecule has 8 nitrogen and oxygen atoms in total. The first-order chi connectivity index (χ1) is 18.6. The first-order valence-electron chi connectivity index (χ1n) is 13.1. The molecule has 0 radical (unpaired) electrons. The van der Waals surface area contributed by atoms with E-state index in [-0.39, 0.29) is 11.8 Å². The molecule has 1 heterocycles. The number of nitrogens with zero attached hydrogens (tertiary/aromatic N) is 1. The largest absolute Gasteiger partial charge is 0.494 e. The van der Waals surface area contributed by atoms with Gasteiger partial charge in [-0.1, -0.05) is 13.8 Å². The predicted molar refractivity (Wildman–Crippen MR) is 150 cm³/mol. The average molecular weight is 518 g/mol. The SMILES string of the molecule is CCCOc1ccc(C(=O)Nc2ccc(N3CCOCC3)c(NC(=O)c3ccc(OCCC)cc3)c2)cc1.